The number of halogens is 3. The molecule has 1 nitrogen and oxygen atoms in total. The van der Waals surface area contributed by atoms with Crippen LogP contribution in [0.3, 0.4) is 0 Å². The van der Waals surface area contributed by atoms with Crippen LogP contribution >= 0.6 is 50.5 Å². The molecule has 5 heteroatoms. The topological polar surface area (TPSA) is 12.0 Å². The van der Waals surface area contributed by atoms with E-state index in [4.69, 9.17) is 23.2 Å². The molecule has 0 aliphatic heterocycles. The lowest BCUT2D eigenvalue weighted by atomic mass is 10.1. The van der Waals surface area contributed by atoms with Gasteiger partial charge >= 0.3 is 0 Å². The van der Waals surface area contributed by atoms with Gasteiger partial charge in [-0.3, -0.25) is 0 Å². The molecule has 0 aliphatic rings. The van der Waals surface area contributed by atoms with Crippen molar-refractivity contribution in [2.24, 2.45) is 0 Å². The minimum absolute atomic E-state index is 0.132. The summed E-state index contributed by atoms with van der Waals surface area (Å²) in [4.78, 5) is 0. The van der Waals surface area contributed by atoms with Gasteiger partial charge in [0.2, 0.25) is 0 Å². The Morgan fingerprint density at radius 1 is 1.24 bits per heavy atom. The standard InChI is InChI=1S/C12H10BrCl2NS/c1-7(10-6-11(14)17-12(10)15)16-9-4-2-8(13)3-5-9/h2-7,16H,1H3. The number of rotatable bonds is 3. The van der Waals surface area contributed by atoms with E-state index in [0.29, 0.717) is 0 Å². The molecule has 1 unspecified atom stereocenters. The fraction of sp³-hybridized carbons (Fsp3) is 0.167. The fourth-order valence-corrected chi connectivity index (χ4v) is 3.43. The summed E-state index contributed by atoms with van der Waals surface area (Å²) in [7, 11) is 0. The van der Waals surface area contributed by atoms with E-state index in [-0.39, 0.29) is 6.04 Å². The van der Waals surface area contributed by atoms with Crippen molar-refractivity contribution in [2.75, 3.05) is 5.32 Å². The summed E-state index contributed by atoms with van der Waals surface area (Å²) in [5.41, 5.74) is 2.09. The zero-order chi connectivity index (χ0) is 12.4. The minimum Gasteiger partial charge on any atom is -0.378 e. The fourth-order valence-electron chi connectivity index (χ4n) is 1.52. The van der Waals surface area contributed by atoms with Crippen molar-refractivity contribution in [3.63, 3.8) is 0 Å². The summed E-state index contributed by atoms with van der Waals surface area (Å²) in [5, 5.41) is 3.38. The van der Waals surface area contributed by atoms with Gasteiger partial charge in [0.15, 0.2) is 0 Å². The highest BCUT2D eigenvalue weighted by atomic mass is 79.9. The van der Waals surface area contributed by atoms with Crippen LogP contribution < -0.4 is 5.32 Å². The lowest BCUT2D eigenvalue weighted by molar-refractivity contribution is 0.891. The zero-order valence-corrected chi connectivity index (χ0v) is 12.9. The van der Waals surface area contributed by atoms with E-state index in [1.807, 2.05) is 30.3 Å². The van der Waals surface area contributed by atoms with E-state index in [0.717, 1.165) is 24.4 Å². The molecule has 0 spiro atoms. The lowest BCUT2D eigenvalue weighted by Gasteiger charge is -2.14. The average molecular weight is 351 g/mol. The number of hydrogen-bond donors (Lipinski definition) is 1. The molecular formula is C12H10BrCl2NS. The number of benzene rings is 1. The van der Waals surface area contributed by atoms with Gasteiger partial charge in [0.25, 0.3) is 0 Å². The SMILES string of the molecule is CC(Nc1ccc(Br)cc1)c1cc(Cl)sc1Cl. The first-order chi connectivity index (χ1) is 8.06. The highest BCUT2D eigenvalue weighted by Crippen LogP contribution is 2.36. The van der Waals surface area contributed by atoms with Crippen molar-refractivity contribution in [2.45, 2.75) is 13.0 Å². The second kappa shape index (κ2) is 5.61. The van der Waals surface area contributed by atoms with Gasteiger partial charge in [0.05, 0.1) is 14.7 Å². The maximum Gasteiger partial charge on any atom is 0.0996 e. The van der Waals surface area contributed by atoms with Crippen LogP contribution in [0.25, 0.3) is 0 Å². The van der Waals surface area contributed by atoms with Gasteiger partial charge in [-0.15, -0.1) is 11.3 Å². The van der Waals surface area contributed by atoms with E-state index in [1.165, 1.54) is 11.3 Å². The van der Waals surface area contributed by atoms with E-state index in [1.54, 1.807) is 0 Å². The first-order valence-corrected chi connectivity index (χ1v) is 7.39. The molecule has 2 aromatic rings. The molecule has 1 N–H and O–H groups in total. The van der Waals surface area contributed by atoms with Crippen molar-refractivity contribution >= 4 is 56.2 Å². The van der Waals surface area contributed by atoms with Crippen LogP contribution in [0.15, 0.2) is 34.8 Å². The molecule has 0 saturated carbocycles. The first-order valence-electron chi connectivity index (χ1n) is 5.03. The average Bonchev–Trinajstić information content (AvgIpc) is 2.61. The molecule has 0 radical (unpaired) electrons. The van der Waals surface area contributed by atoms with Crippen molar-refractivity contribution in [1.82, 2.24) is 0 Å². The van der Waals surface area contributed by atoms with Gasteiger partial charge in [-0.25, -0.2) is 0 Å². The van der Waals surface area contributed by atoms with Crippen LogP contribution in [-0.2, 0) is 0 Å². The summed E-state index contributed by atoms with van der Waals surface area (Å²) in [5.74, 6) is 0. The van der Waals surface area contributed by atoms with Gasteiger partial charge < -0.3 is 5.32 Å². The van der Waals surface area contributed by atoms with Crippen LogP contribution in [0.1, 0.15) is 18.5 Å². The molecule has 0 aliphatic carbocycles. The van der Waals surface area contributed by atoms with Gasteiger partial charge in [0.1, 0.15) is 0 Å². The predicted molar refractivity (Wildman–Crippen MR) is 80.5 cm³/mol. The second-order valence-electron chi connectivity index (χ2n) is 3.65. The Morgan fingerprint density at radius 3 is 2.41 bits per heavy atom. The Balaban J connectivity index is 2.14. The van der Waals surface area contributed by atoms with Crippen LogP contribution in [0.4, 0.5) is 5.69 Å². The maximum atomic E-state index is 6.12. The molecule has 0 bridgehead atoms. The number of anilines is 1. The zero-order valence-electron chi connectivity index (χ0n) is 9.01. The molecule has 1 aromatic carbocycles. The summed E-state index contributed by atoms with van der Waals surface area (Å²) >= 11 is 16.9. The van der Waals surface area contributed by atoms with E-state index in [2.05, 4.69) is 28.2 Å². The first kappa shape index (κ1) is 13.2. The van der Waals surface area contributed by atoms with E-state index in [9.17, 15) is 0 Å². The molecular weight excluding hydrogens is 341 g/mol. The molecule has 1 aromatic heterocycles. The largest absolute Gasteiger partial charge is 0.378 e. The Bertz CT molecular complexity index is 510. The lowest BCUT2D eigenvalue weighted by Crippen LogP contribution is -2.05. The Hall–Kier alpha value is -0.220. The number of nitrogens with one attached hydrogen (secondary N) is 1. The molecule has 2 rings (SSSR count). The van der Waals surface area contributed by atoms with Gasteiger partial charge in [-0.1, -0.05) is 39.1 Å². The van der Waals surface area contributed by atoms with Crippen molar-refractivity contribution in [1.29, 1.82) is 0 Å². The maximum absolute atomic E-state index is 6.12. The van der Waals surface area contributed by atoms with Crippen molar-refractivity contribution in [3.05, 3.63) is 49.0 Å². The molecule has 0 amide bonds. The molecule has 0 saturated heterocycles. The quantitative estimate of drug-likeness (QED) is 0.716. The van der Waals surface area contributed by atoms with Gasteiger partial charge in [0, 0.05) is 15.7 Å². The van der Waals surface area contributed by atoms with Crippen LogP contribution in [0.2, 0.25) is 8.67 Å². The van der Waals surface area contributed by atoms with Gasteiger partial charge in [-0.05, 0) is 37.3 Å². The molecule has 1 atom stereocenters. The molecule has 0 fully saturated rings. The van der Waals surface area contributed by atoms with Crippen LogP contribution in [0.5, 0.6) is 0 Å². The van der Waals surface area contributed by atoms with Crippen LogP contribution in [0, 0.1) is 0 Å². The summed E-state index contributed by atoms with van der Waals surface area (Å²) in [6, 6.07) is 10.1. The minimum atomic E-state index is 0.132. The van der Waals surface area contributed by atoms with E-state index >= 15 is 0 Å². The third-order valence-corrected chi connectivity index (χ3v) is 4.42. The summed E-state index contributed by atoms with van der Waals surface area (Å²) in [6.45, 7) is 2.06. The van der Waals surface area contributed by atoms with Crippen molar-refractivity contribution in [3.8, 4) is 0 Å². The highest BCUT2D eigenvalue weighted by Gasteiger charge is 2.13. The smallest absolute Gasteiger partial charge is 0.0996 e. The predicted octanol–water partition coefficient (Wildman–Crippen LogP) is 5.99. The number of hydrogen-bond acceptors (Lipinski definition) is 2. The molecule has 90 valence electrons. The third kappa shape index (κ3) is 3.38. The normalized spacial score (nSPS) is 12.5. The molecule has 1 heterocycles. The van der Waals surface area contributed by atoms with Gasteiger partial charge in [-0.2, -0.15) is 0 Å². The third-order valence-electron chi connectivity index (χ3n) is 2.38. The second-order valence-corrected chi connectivity index (χ2v) is 6.85. The Morgan fingerprint density at radius 2 is 1.88 bits per heavy atom. The Kier molecular flexibility index (Phi) is 4.36. The Labute approximate surface area is 123 Å². The van der Waals surface area contributed by atoms with Crippen LogP contribution in [-0.4, -0.2) is 0 Å². The molecule has 17 heavy (non-hydrogen) atoms. The highest BCUT2D eigenvalue weighted by molar-refractivity contribution is 9.10. The van der Waals surface area contributed by atoms with Crippen molar-refractivity contribution < 1.29 is 0 Å². The summed E-state index contributed by atoms with van der Waals surface area (Å²) < 4.78 is 2.52. The monoisotopic (exact) mass is 349 g/mol. The number of thiophene rings is 1. The summed E-state index contributed by atoms with van der Waals surface area (Å²) in [6.07, 6.45) is 0. The van der Waals surface area contributed by atoms with E-state index < -0.39 is 0 Å².